The van der Waals surface area contributed by atoms with Crippen molar-refractivity contribution < 1.29 is 4.79 Å². The molecule has 1 amide bonds. The maximum Gasteiger partial charge on any atom is 0.228 e. The number of nitrogens with zero attached hydrogens (tertiary/aromatic N) is 1. The Morgan fingerprint density at radius 2 is 1.93 bits per heavy atom. The summed E-state index contributed by atoms with van der Waals surface area (Å²) in [6, 6.07) is 11.6. The number of carbonyl (C=O) groups excluding carboxylic acids is 1. The molecule has 1 aromatic carbocycles. The molecule has 1 aliphatic rings. The molecule has 1 atom stereocenters. The van der Waals surface area contributed by atoms with Crippen LogP contribution in [0, 0.1) is 11.3 Å². The Kier molecular flexibility index (Phi) is 6.54. The van der Waals surface area contributed by atoms with Gasteiger partial charge in [-0.1, -0.05) is 65.1 Å². The molecule has 27 heavy (non-hydrogen) atoms. The van der Waals surface area contributed by atoms with Crippen molar-refractivity contribution in [2.45, 2.75) is 42.1 Å². The normalized spacial score (nSPS) is 14.7. The van der Waals surface area contributed by atoms with Gasteiger partial charge in [0.15, 0.2) is 0 Å². The van der Waals surface area contributed by atoms with Crippen LogP contribution >= 0.6 is 46.1 Å². The van der Waals surface area contributed by atoms with Crippen molar-refractivity contribution >= 4 is 57.0 Å². The summed E-state index contributed by atoms with van der Waals surface area (Å²) in [5.74, 6) is -0.273. The van der Waals surface area contributed by atoms with Gasteiger partial charge >= 0.3 is 0 Å². The van der Waals surface area contributed by atoms with Crippen LogP contribution in [0.5, 0.6) is 0 Å². The van der Waals surface area contributed by atoms with Crippen molar-refractivity contribution in [3.63, 3.8) is 0 Å². The monoisotopic (exact) mass is 441 g/mol. The standard InChI is InChI=1S/C19H18Cl3N3OS/c20-19(21,22)18(24-16(26)10-12-6-2-1-3-7-12)25-17-14(11-23)13-8-4-5-9-15(13)27-17/h1-3,6-7,18,25H,4-5,8-10H2,(H,24,26). The summed E-state index contributed by atoms with van der Waals surface area (Å²) in [4.78, 5) is 13.6. The van der Waals surface area contributed by atoms with E-state index in [-0.39, 0.29) is 12.3 Å². The maximum atomic E-state index is 12.4. The van der Waals surface area contributed by atoms with Crippen LogP contribution in [0.1, 0.15) is 34.4 Å². The van der Waals surface area contributed by atoms with Crippen molar-refractivity contribution in [2.75, 3.05) is 5.32 Å². The minimum absolute atomic E-state index is 0.172. The first-order chi connectivity index (χ1) is 12.9. The summed E-state index contributed by atoms with van der Waals surface area (Å²) >= 11 is 19.8. The number of thiophene rings is 1. The molecule has 0 saturated heterocycles. The van der Waals surface area contributed by atoms with Crippen LogP contribution in [0.25, 0.3) is 0 Å². The van der Waals surface area contributed by atoms with E-state index in [9.17, 15) is 10.1 Å². The van der Waals surface area contributed by atoms with Crippen molar-refractivity contribution in [1.82, 2.24) is 5.32 Å². The SMILES string of the molecule is N#Cc1c(NC(NC(=O)Cc2ccccc2)C(Cl)(Cl)Cl)sc2c1CCCC2. The second-order valence-corrected chi connectivity index (χ2v) is 9.85. The third-order valence-electron chi connectivity index (χ3n) is 4.40. The molecular formula is C19H18Cl3N3OS. The number of benzene rings is 1. The van der Waals surface area contributed by atoms with E-state index in [1.165, 1.54) is 16.2 Å². The molecule has 0 bridgehead atoms. The molecule has 1 aliphatic carbocycles. The van der Waals surface area contributed by atoms with E-state index in [1.54, 1.807) is 0 Å². The van der Waals surface area contributed by atoms with Crippen molar-refractivity contribution in [2.24, 2.45) is 0 Å². The maximum absolute atomic E-state index is 12.4. The third-order valence-corrected chi connectivity index (χ3v) is 6.28. The van der Waals surface area contributed by atoms with E-state index in [0.29, 0.717) is 10.6 Å². The fraction of sp³-hybridized carbons (Fsp3) is 0.368. The minimum atomic E-state index is -1.77. The molecule has 8 heteroatoms. The van der Waals surface area contributed by atoms with Crippen molar-refractivity contribution in [3.8, 4) is 6.07 Å². The molecule has 1 heterocycles. The van der Waals surface area contributed by atoms with E-state index in [1.807, 2.05) is 30.3 Å². The molecule has 2 aromatic rings. The summed E-state index contributed by atoms with van der Waals surface area (Å²) in [6.45, 7) is 0. The van der Waals surface area contributed by atoms with Crippen LogP contribution in [0.4, 0.5) is 5.00 Å². The third kappa shape index (κ3) is 5.08. The number of nitrogens with one attached hydrogen (secondary N) is 2. The second-order valence-electron chi connectivity index (χ2n) is 6.38. The Labute approximate surface area is 177 Å². The molecule has 0 aliphatic heterocycles. The quantitative estimate of drug-likeness (QED) is 0.508. The summed E-state index contributed by atoms with van der Waals surface area (Å²) < 4.78 is -1.77. The summed E-state index contributed by atoms with van der Waals surface area (Å²) in [7, 11) is 0. The molecule has 142 valence electrons. The number of amides is 1. The highest BCUT2D eigenvalue weighted by atomic mass is 35.6. The van der Waals surface area contributed by atoms with Gasteiger partial charge in [0.2, 0.25) is 9.70 Å². The zero-order valence-electron chi connectivity index (χ0n) is 14.4. The van der Waals surface area contributed by atoms with E-state index in [2.05, 4.69) is 16.7 Å². The number of aryl methyl sites for hydroxylation is 1. The van der Waals surface area contributed by atoms with E-state index >= 15 is 0 Å². The zero-order chi connectivity index (χ0) is 19.4. The Balaban J connectivity index is 1.77. The summed E-state index contributed by atoms with van der Waals surface area (Å²) in [5.41, 5.74) is 2.53. The number of hydrogen-bond donors (Lipinski definition) is 2. The van der Waals surface area contributed by atoms with Gasteiger partial charge in [0, 0.05) is 4.88 Å². The number of carbonyl (C=O) groups is 1. The average molecular weight is 443 g/mol. The van der Waals surface area contributed by atoms with E-state index < -0.39 is 9.96 Å². The number of nitriles is 1. The molecule has 1 unspecified atom stereocenters. The topological polar surface area (TPSA) is 64.9 Å². The molecule has 0 saturated carbocycles. The number of halogens is 3. The molecule has 2 N–H and O–H groups in total. The van der Waals surface area contributed by atoms with Gasteiger partial charge in [-0.05, 0) is 36.8 Å². The molecule has 1 aromatic heterocycles. The fourth-order valence-corrected chi connectivity index (χ4v) is 4.71. The predicted octanol–water partition coefficient (Wildman–Crippen LogP) is 4.97. The number of hydrogen-bond acceptors (Lipinski definition) is 4. The smallest absolute Gasteiger partial charge is 0.228 e. The van der Waals surface area contributed by atoms with Gasteiger partial charge < -0.3 is 10.6 Å². The fourth-order valence-electron chi connectivity index (χ4n) is 3.11. The zero-order valence-corrected chi connectivity index (χ0v) is 17.5. The van der Waals surface area contributed by atoms with Crippen molar-refractivity contribution in [3.05, 3.63) is 51.9 Å². The average Bonchev–Trinajstić information content (AvgIpc) is 2.98. The molecule has 0 fully saturated rings. The molecule has 0 spiro atoms. The van der Waals surface area contributed by atoms with Crippen LogP contribution in [0.15, 0.2) is 30.3 Å². The Bertz CT molecular complexity index is 856. The van der Waals surface area contributed by atoms with Gasteiger partial charge in [-0.3, -0.25) is 4.79 Å². The van der Waals surface area contributed by atoms with Crippen LogP contribution in [0.3, 0.4) is 0 Å². The van der Waals surface area contributed by atoms with Gasteiger partial charge in [0.05, 0.1) is 12.0 Å². The Morgan fingerprint density at radius 3 is 2.59 bits per heavy atom. The Morgan fingerprint density at radius 1 is 1.22 bits per heavy atom. The van der Waals surface area contributed by atoms with E-state index in [4.69, 9.17) is 34.8 Å². The Hall–Kier alpha value is -1.45. The van der Waals surface area contributed by atoms with Crippen molar-refractivity contribution in [1.29, 1.82) is 5.26 Å². The van der Waals surface area contributed by atoms with Gasteiger partial charge in [0.25, 0.3) is 0 Å². The number of alkyl halides is 3. The number of fused-ring (bicyclic) bond motifs is 1. The lowest BCUT2D eigenvalue weighted by Gasteiger charge is -2.27. The van der Waals surface area contributed by atoms with Crippen LogP contribution in [-0.4, -0.2) is 15.9 Å². The highest BCUT2D eigenvalue weighted by Crippen LogP contribution is 2.40. The molecular weight excluding hydrogens is 425 g/mol. The van der Waals surface area contributed by atoms with Gasteiger partial charge in [0.1, 0.15) is 17.2 Å². The first kappa shape index (κ1) is 20.3. The molecule has 0 radical (unpaired) electrons. The molecule has 3 rings (SSSR count). The van der Waals surface area contributed by atoms with Gasteiger partial charge in [-0.2, -0.15) is 5.26 Å². The van der Waals surface area contributed by atoms with Crippen LogP contribution in [-0.2, 0) is 24.1 Å². The van der Waals surface area contributed by atoms with Gasteiger partial charge in [-0.25, -0.2) is 0 Å². The second kappa shape index (κ2) is 8.70. The summed E-state index contributed by atoms with van der Waals surface area (Å²) in [5, 5.41) is 16.0. The van der Waals surface area contributed by atoms with Crippen LogP contribution in [0.2, 0.25) is 0 Å². The first-order valence-electron chi connectivity index (χ1n) is 8.59. The number of anilines is 1. The lowest BCUT2D eigenvalue weighted by atomic mass is 9.96. The lowest BCUT2D eigenvalue weighted by Crippen LogP contribution is -2.49. The lowest BCUT2D eigenvalue weighted by molar-refractivity contribution is -0.120. The largest absolute Gasteiger partial charge is 0.352 e. The highest BCUT2D eigenvalue weighted by molar-refractivity contribution is 7.16. The highest BCUT2D eigenvalue weighted by Gasteiger charge is 2.35. The van der Waals surface area contributed by atoms with Crippen LogP contribution < -0.4 is 10.6 Å². The minimum Gasteiger partial charge on any atom is -0.352 e. The predicted molar refractivity (Wildman–Crippen MR) is 112 cm³/mol. The first-order valence-corrected chi connectivity index (χ1v) is 10.5. The number of rotatable bonds is 5. The molecule has 4 nitrogen and oxygen atoms in total. The summed E-state index contributed by atoms with van der Waals surface area (Å²) in [6.07, 6.45) is 3.24. The van der Waals surface area contributed by atoms with E-state index in [0.717, 1.165) is 36.8 Å². The van der Waals surface area contributed by atoms with Gasteiger partial charge in [-0.15, -0.1) is 11.3 Å².